The molecule has 0 fully saturated rings. The topological polar surface area (TPSA) is 133 Å². The van der Waals surface area contributed by atoms with E-state index in [1.807, 2.05) is 0 Å². The largest absolute Gasteiger partial charge is 1.00 e. The van der Waals surface area contributed by atoms with Crippen molar-refractivity contribution >= 4 is 86.8 Å². The van der Waals surface area contributed by atoms with Crippen LogP contribution in [0.2, 0.25) is 10.0 Å². The summed E-state index contributed by atoms with van der Waals surface area (Å²) in [5.74, 6) is -0.616. The summed E-state index contributed by atoms with van der Waals surface area (Å²) in [5, 5.41) is 1.32. The first-order valence-corrected chi connectivity index (χ1v) is 13.6. The van der Waals surface area contributed by atoms with Gasteiger partial charge in [-0.2, -0.15) is 0 Å². The second-order valence-electron chi connectivity index (χ2n) is 6.70. The molecule has 4 aromatic rings. The maximum Gasteiger partial charge on any atom is 1.00 e. The Morgan fingerprint density at radius 1 is 0.706 bits per heavy atom. The Hall–Kier alpha value is 0.360. The van der Waals surface area contributed by atoms with Crippen molar-refractivity contribution in [3.8, 4) is 21.3 Å². The van der Waals surface area contributed by atoms with E-state index in [4.69, 9.17) is 31.6 Å². The number of hydrogen-bond donors (Lipinski definition) is 0. The van der Waals surface area contributed by atoms with Gasteiger partial charge in [-0.05, 0) is 49.2 Å². The van der Waals surface area contributed by atoms with Gasteiger partial charge in [-0.1, -0.05) is 23.2 Å². The van der Waals surface area contributed by atoms with Gasteiger partial charge in [0.15, 0.2) is 11.5 Å². The van der Waals surface area contributed by atoms with E-state index < -0.39 is 20.8 Å². The molecule has 170 valence electrons. The van der Waals surface area contributed by atoms with Crippen LogP contribution in [-0.4, -0.2) is 25.9 Å². The molecule has 0 atom stereocenters. The van der Waals surface area contributed by atoms with Crippen molar-refractivity contribution in [1.29, 1.82) is 0 Å². The fourth-order valence-electron chi connectivity index (χ4n) is 3.37. The Balaban J connectivity index is 0.00000204. The molecule has 2 aromatic carbocycles. The third-order valence-corrected chi connectivity index (χ3v) is 7.97. The van der Waals surface area contributed by atoms with E-state index in [0.717, 1.165) is 22.7 Å². The number of benzene rings is 2. The predicted octanol–water partition coefficient (Wildman–Crippen LogP) is -0.607. The minimum atomic E-state index is -5.20. The summed E-state index contributed by atoms with van der Waals surface area (Å²) in [6.45, 7) is 3.28. The predicted molar refractivity (Wildman–Crippen MR) is 123 cm³/mol. The Morgan fingerprint density at radius 3 is 1.32 bits per heavy atom. The molecule has 2 aromatic heterocycles. The van der Waals surface area contributed by atoms with Gasteiger partial charge in [-0.3, -0.25) is 0 Å². The van der Waals surface area contributed by atoms with Crippen molar-refractivity contribution in [1.82, 2.24) is 0 Å². The zero-order chi connectivity index (χ0) is 23.6. The number of rotatable bonds is 5. The fourth-order valence-corrected chi connectivity index (χ4v) is 7.51. The molecule has 0 bridgehead atoms. The quantitative estimate of drug-likeness (QED) is 0.169. The summed E-state index contributed by atoms with van der Waals surface area (Å²) in [7, 11) is -10.4. The van der Waals surface area contributed by atoms with E-state index >= 15 is 0 Å². The molecular formula is C18H10Cl2Na2O8S4. The van der Waals surface area contributed by atoms with Crippen LogP contribution in [0.3, 0.4) is 0 Å². The van der Waals surface area contributed by atoms with Gasteiger partial charge in [0.25, 0.3) is 20.8 Å². The first-order valence-electron chi connectivity index (χ1n) is 8.50. The smallest absolute Gasteiger partial charge is 0.716 e. The summed E-state index contributed by atoms with van der Waals surface area (Å²) >= 11 is 14.2. The molecule has 0 spiro atoms. The van der Waals surface area contributed by atoms with E-state index in [9.17, 15) is 25.9 Å². The Morgan fingerprint density at radius 2 is 1.03 bits per heavy atom. The molecule has 8 nitrogen and oxygen atoms in total. The summed E-state index contributed by atoms with van der Waals surface area (Å²) in [6.07, 6.45) is 0. The fraction of sp³-hybridized carbons (Fsp3) is 0.111. The van der Waals surface area contributed by atoms with Gasteiger partial charge in [-0.15, -0.1) is 22.7 Å². The van der Waals surface area contributed by atoms with Crippen molar-refractivity contribution in [3.63, 3.8) is 0 Å². The number of thiophene rings is 2. The first-order chi connectivity index (χ1) is 14.7. The molecule has 0 radical (unpaired) electrons. The average molecular weight is 599 g/mol. The van der Waals surface area contributed by atoms with Gasteiger partial charge in [0.05, 0.1) is 9.75 Å². The van der Waals surface area contributed by atoms with Gasteiger partial charge in [0, 0.05) is 30.2 Å². The Labute approximate surface area is 257 Å². The second-order valence-corrected chi connectivity index (χ2v) is 11.6. The molecule has 0 amide bonds. The molecule has 0 unspecified atom stereocenters. The summed E-state index contributed by atoms with van der Waals surface area (Å²) in [5.41, 5.74) is 1.04. The van der Waals surface area contributed by atoms with Crippen molar-refractivity contribution in [2.24, 2.45) is 0 Å². The van der Waals surface area contributed by atoms with Gasteiger partial charge >= 0.3 is 59.1 Å². The van der Waals surface area contributed by atoms with E-state index in [1.54, 1.807) is 38.1 Å². The van der Waals surface area contributed by atoms with Gasteiger partial charge < -0.3 is 17.5 Å². The standard InChI is InChI=1S/C18H12Cl2O8S4.2Na/c1-7-3-9(19)5-11-13(7)15(27-31(21,22)23)17(29-11)18-16(28-32(24,25)26)14-8(2)4-10(20)6-12(14)30-18;;/h3-6H,1-2H3,(H,21,22,23)(H,24,25,26);;/q;2*+1/p-2. The van der Waals surface area contributed by atoms with Gasteiger partial charge in [0.1, 0.15) is 0 Å². The first kappa shape index (κ1) is 30.6. The SMILES string of the molecule is Cc1cc(Cl)cc2sc(-c3sc4cc(Cl)cc(C)c4c3OS(=O)(=O)[O-])c(OS(=O)(=O)[O-])c12.[Na+].[Na+]. The van der Waals surface area contributed by atoms with Crippen LogP contribution < -0.4 is 67.5 Å². The van der Waals surface area contributed by atoms with Crippen molar-refractivity contribution in [2.75, 3.05) is 0 Å². The third kappa shape index (κ3) is 6.43. The second kappa shape index (κ2) is 11.0. The number of fused-ring (bicyclic) bond motifs is 2. The van der Waals surface area contributed by atoms with Crippen LogP contribution in [0.15, 0.2) is 24.3 Å². The van der Waals surface area contributed by atoms with Crippen molar-refractivity contribution in [3.05, 3.63) is 45.4 Å². The number of halogens is 2. The van der Waals surface area contributed by atoms with Crippen LogP contribution in [0.1, 0.15) is 11.1 Å². The zero-order valence-electron chi connectivity index (χ0n) is 18.0. The molecule has 0 N–H and O–H groups in total. The van der Waals surface area contributed by atoms with E-state index in [1.165, 1.54) is 0 Å². The van der Waals surface area contributed by atoms with Crippen LogP contribution in [0, 0.1) is 13.8 Å². The van der Waals surface area contributed by atoms with E-state index in [2.05, 4.69) is 0 Å². The van der Waals surface area contributed by atoms with Crippen LogP contribution >= 0.6 is 45.9 Å². The molecular weight excluding hydrogens is 589 g/mol. The third-order valence-electron chi connectivity index (χ3n) is 4.40. The minimum absolute atomic E-state index is 0. The van der Waals surface area contributed by atoms with E-state index in [-0.39, 0.29) is 80.4 Å². The maximum atomic E-state index is 11.5. The van der Waals surface area contributed by atoms with Gasteiger partial charge in [-0.25, -0.2) is 16.8 Å². The molecule has 0 aliphatic carbocycles. The maximum absolute atomic E-state index is 11.5. The normalized spacial score (nSPS) is 11.8. The number of hydrogen-bond acceptors (Lipinski definition) is 10. The molecule has 4 rings (SSSR count). The summed E-state index contributed by atoms with van der Waals surface area (Å²) in [4.78, 5) is 0.167. The monoisotopic (exact) mass is 598 g/mol. The van der Waals surface area contributed by atoms with Crippen LogP contribution in [0.25, 0.3) is 29.9 Å². The summed E-state index contributed by atoms with van der Waals surface area (Å²) in [6, 6.07) is 6.20. The molecule has 34 heavy (non-hydrogen) atoms. The number of aryl methyl sites for hydroxylation is 2. The summed E-state index contributed by atoms with van der Waals surface area (Å²) < 4.78 is 79.5. The van der Waals surface area contributed by atoms with Crippen molar-refractivity contribution in [2.45, 2.75) is 13.8 Å². The Bertz CT molecular complexity index is 1510. The molecule has 0 aliphatic rings. The zero-order valence-corrected chi connectivity index (χ0v) is 26.7. The van der Waals surface area contributed by atoms with Gasteiger partial charge in [0.2, 0.25) is 0 Å². The molecule has 0 saturated heterocycles. The Kier molecular flexibility index (Phi) is 9.89. The van der Waals surface area contributed by atoms with Crippen LogP contribution in [0.4, 0.5) is 0 Å². The van der Waals surface area contributed by atoms with E-state index in [0.29, 0.717) is 41.3 Å². The average Bonchev–Trinajstić information content (AvgIpc) is 3.10. The van der Waals surface area contributed by atoms with Crippen LogP contribution in [-0.2, 0) is 20.8 Å². The molecule has 16 heteroatoms. The minimum Gasteiger partial charge on any atom is -0.716 e. The molecule has 2 heterocycles. The van der Waals surface area contributed by atoms with Crippen LogP contribution in [0.5, 0.6) is 11.5 Å². The van der Waals surface area contributed by atoms with Crippen molar-refractivity contribution < 1.29 is 93.4 Å². The molecule has 0 aliphatic heterocycles. The molecule has 0 saturated carbocycles.